The maximum Gasteiger partial charge on any atom is 0.234 e. The van der Waals surface area contributed by atoms with E-state index in [-0.39, 0.29) is 5.41 Å². The van der Waals surface area contributed by atoms with E-state index in [1.807, 2.05) is 18.2 Å². The predicted octanol–water partition coefficient (Wildman–Crippen LogP) is 2.30. The summed E-state index contributed by atoms with van der Waals surface area (Å²) in [6, 6.07) is 10.9. The molecule has 1 aliphatic heterocycles. The van der Waals surface area contributed by atoms with E-state index >= 15 is 0 Å². The van der Waals surface area contributed by atoms with Crippen molar-refractivity contribution in [1.29, 1.82) is 0 Å². The maximum absolute atomic E-state index is 13.2. The summed E-state index contributed by atoms with van der Waals surface area (Å²) >= 11 is 0. The topological polar surface area (TPSA) is 46.3 Å². The molecule has 1 aliphatic carbocycles. The van der Waals surface area contributed by atoms with Crippen LogP contribution < -0.4 is 5.73 Å². The van der Waals surface area contributed by atoms with E-state index in [0.717, 1.165) is 24.8 Å². The van der Waals surface area contributed by atoms with Crippen LogP contribution in [-0.4, -0.2) is 29.4 Å². The van der Waals surface area contributed by atoms with Gasteiger partial charge in [0.2, 0.25) is 5.91 Å². The van der Waals surface area contributed by atoms with Gasteiger partial charge >= 0.3 is 0 Å². The van der Waals surface area contributed by atoms with Gasteiger partial charge in [0.05, 0.1) is 5.41 Å². The summed E-state index contributed by atoms with van der Waals surface area (Å²) in [5, 5.41) is 0. The third kappa shape index (κ3) is 1.87. The summed E-state index contributed by atoms with van der Waals surface area (Å²) in [4.78, 5) is 15.3. The Hall–Kier alpha value is -1.35. The molecule has 1 saturated carbocycles. The minimum Gasteiger partial charge on any atom is -0.337 e. The molecule has 4 atom stereocenters. The van der Waals surface area contributed by atoms with Crippen LogP contribution in [0.1, 0.15) is 38.7 Å². The Kier molecular flexibility index (Phi) is 3.33. The lowest BCUT2D eigenvalue weighted by atomic mass is 9.91. The van der Waals surface area contributed by atoms with Gasteiger partial charge in [0, 0.05) is 12.1 Å². The number of nitrogens with zero attached hydrogens (tertiary/aromatic N) is 1. The Bertz CT molecular complexity index is 491. The highest BCUT2D eigenvalue weighted by molar-refractivity contribution is 5.92. The zero-order valence-electron chi connectivity index (χ0n) is 12.4. The van der Waals surface area contributed by atoms with Crippen molar-refractivity contribution < 1.29 is 4.79 Å². The van der Waals surface area contributed by atoms with Gasteiger partial charge in [-0.05, 0) is 51.1 Å². The summed E-state index contributed by atoms with van der Waals surface area (Å²) in [7, 11) is 0. The lowest BCUT2D eigenvalue weighted by Gasteiger charge is -2.31. The molecule has 0 radical (unpaired) electrons. The molecule has 2 N–H and O–H groups in total. The fraction of sp³-hybridized carbons (Fsp3) is 0.588. The van der Waals surface area contributed by atoms with Gasteiger partial charge in [0.1, 0.15) is 0 Å². The molecule has 1 aromatic carbocycles. The summed E-state index contributed by atoms with van der Waals surface area (Å²) in [5.74, 6) is 0.606. The molecule has 1 aromatic rings. The van der Waals surface area contributed by atoms with Crippen LogP contribution in [0.2, 0.25) is 0 Å². The van der Waals surface area contributed by atoms with Crippen LogP contribution in [0.15, 0.2) is 30.3 Å². The van der Waals surface area contributed by atoms with Crippen LogP contribution in [0.25, 0.3) is 0 Å². The quantitative estimate of drug-likeness (QED) is 0.917. The van der Waals surface area contributed by atoms with Gasteiger partial charge < -0.3 is 10.6 Å². The van der Waals surface area contributed by atoms with Gasteiger partial charge in [0.15, 0.2) is 0 Å². The number of carbonyl (C=O) groups excluding carboxylic acids is 1. The third-order valence-electron chi connectivity index (χ3n) is 5.25. The molecule has 3 unspecified atom stereocenters. The van der Waals surface area contributed by atoms with Crippen LogP contribution >= 0.6 is 0 Å². The normalized spacial score (nSPS) is 36.1. The number of hydrogen-bond acceptors (Lipinski definition) is 2. The second kappa shape index (κ2) is 4.88. The van der Waals surface area contributed by atoms with Crippen LogP contribution in [0.5, 0.6) is 0 Å². The van der Waals surface area contributed by atoms with E-state index in [9.17, 15) is 4.79 Å². The first-order valence-electron chi connectivity index (χ1n) is 7.69. The van der Waals surface area contributed by atoms with Crippen molar-refractivity contribution in [2.45, 2.75) is 50.6 Å². The van der Waals surface area contributed by atoms with E-state index in [4.69, 9.17) is 5.73 Å². The lowest BCUT2D eigenvalue weighted by molar-refractivity contribution is -0.136. The van der Waals surface area contributed by atoms with E-state index < -0.39 is 0 Å². The Morgan fingerprint density at radius 1 is 1.25 bits per heavy atom. The van der Waals surface area contributed by atoms with E-state index in [1.54, 1.807) is 0 Å². The highest BCUT2D eigenvalue weighted by Gasteiger charge is 2.62. The van der Waals surface area contributed by atoms with Crippen molar-refractivity contribution in [2.24, 2.45) is 11.7 Å². The highest BCUT2D eigenvalue weighted by Crippen LogP contribution is 2.55. The zero-order valence-corrected chi connectivity index (χ0v) is 12.4. The van der Waals surface area contributed by atoms with Crippen molar-refractivity contribution in [3.8, 4) is 0 Å². The number of rotatable bonds is 3. The van der Waals surface area contributed by atoms with Gasteiger partial charge in [-0.3, -0.25) is 4.79 Å². The molecule has 1 saturated heterocycles. The van der Waals surface area contributed by atoms with E-state index in [2.05, 4.69) is 30.9 Å². The van der Waals surface area contributed by atoms with E-state index in [0.29, 0.717) is 30.5 Å². The first kappa shape index (κ1) is 13.6. The second-order valence-corrected chi connectivity index (χ2v) is 6.46. The van der Waals surface area contributed by atoms with Crippen molar-refractivity contribution in [3.05, 3.63) is 35.9 Å². The fourth-order valence-electron chi connectivity index (χ4n) is 3.91. The standard InChI is InChI=1S/C17H24N2O/c1-12-8-9-13(2)19(12)16(20)17(10-15(17)11-18)14-6-4-3-5-7-14/h3-7,12-13,15H,8-11,18H2,1-2H3/t12?,13?,15?,17-/m1/s1. The molecule has 1 amide bonds. The summed E-state index contributed by atoms with van der Waals surface area (Å²) in [6.45, 7) is 4.93. The third-order valence-corrected chi connectivity index (χ3v) is 5.25. The first-order valence-corrected chi connectivity index (χ1v) is 7.69. The Morgan fingerprint density at radius 3 is 2.35 bits per heavy atom. The maximum atomic E-state index is 13.2. The molecule has 108 valence electrons. The molecular formula is C17H24N2O. The molecule has 3 rings (SSSR count). The number of amides is 1. The highest BCUT2D eigenvalue weighted by atomic mass is 16.2. The van der Waals surface area contributed by atoms with Crippen LogP contribution in [0.4, 0.5) is 0 Å². The number of benzene rings is 1. The van der Waals surface area contributed by atoms with Crippen LogP contribution in [0, 0.1) is 5.92 Å². The van der Waals surface area contributed by atoms with Crippen LogP contribution in [-0.2, 0) is 10.2 Å². The van der Waals surface area contributed by atoms with Crippen molar-refractivity contribution in [2.75, 3.05) is 6.54 Å². The lowest BCUT2D eigenvalue weighted by Crippen LogP contribution is -2.46. The average Bonchev–Trinajstić information content (AvgIpc) is 3.13. The van der Waals surface area contributed by atoms with Gasteiger partial charge in [-0.25, -0.2) is 0 Å². The number of nitrogens with two attached hydrogens (primary N) is 1. The molecule has 1 heterocycles. The number of likely N-dealkylation sites (tertiary alicyclic amines) is 1. The molecule has 20 heavy (non-hydrogen) atoms. The van der Waals surface area contributed by atoms with E-state index in [1.165, 1.54) is 0 Å². The minimum absolute atomic E-state index is 0.302. The predicted molar refractivity (Wildman–Crippen MR) is 80.3 cm³/mol. The number of hydrogen-bond donors (Lipinski definition) is 1. The molecule has 2 aliphatic rings. The largest absolute Gasteiger partial charge is 0.337 e. The molecule has 0 spiro atoms. The molecule has 0 bridgehead atoms. The van der Waals surface area contributed by atoms with Crippen molar-refractivity contribution in [3.63, 3.8) is 0 Å². The van der Waals surface area contributed by atoms with Crippen molar-refractivity contribution >= 4 is 5.91 Å². The van der Waals surface area contributed by atoms with Gasteiger partial charge in [-0.1, -0.05) is 30.3 Å². The second-order valence-electron chi connectivity index (χ2n) is 6.46. The summed E-state index contributed by atoms with van der Waals surface area (Å²) in [5.41, 5.74) is 6.68. The Labute approximate surface area is 121 Å². The Morgan fingerprint density at radius 2 is 1.85 bits per heavy atom. The molecule has 2 fully saturated rings. The Balaban J connectivity index is 1.94. The average molecular weight is 272 g/mol. The SMILES string of the molecule is CC1CCC(C)N1C(=O)[C@@]1(c2ccccc2)CC1CN. The first-order chi connectivity index (χ1) is 9.61. The molecule has 3 heteroatoms. The summed E-state index contributed by atoms with van der Waals surface area (Å²) < 4.78 is 0. The summed E-state index contributed by atoms with van der Waals surface area (Å²) in [6.07, 6.45) is 3.14. The molecular weight excluding hydrogens is 248 g/mol. The van der Waals surface area contributed by atoms with Gasteiger partial charge in [-0.15, -0.1) is 0 Å². The minimum atomic E-state index is -0.344. The van der Waals surface area contributed by atoms with Crippen molar-refractivity contribution in [1.82, 2.24) is 4.90 Å². The zero-order chi connectivity index (χ0) is 14.3. The molecule has 0 aromatic heterocycles. The monoisotopic (exact) mass is 272 g/mol. The number of carbonyl (C=O) groups is 1. The van der Waals surface area contributed by atoms with Gasteiger partial charge in [0.25, 0.3) is 0 Å². The smallest absolute Gasteiger partial charge is 0.234 e. The van der Waals surface area contributed by atoms with Gasteiger partial charge in [-0.2, -0.15) is 0 Å². The molecule has 3 nitrogen and oxygen atoms in total. The van der Waals surface area contributed by atoms with Crippen LogP contribution in [0.3, 0.4) is 0 Å². The fourth-order valence-corrected chi connectivity index (χ4v) is 3.91.